The molecule has 0 aliphatic carbocycles. The van der Waals surface area contributed by atoms with Gasteiger partial charge >= 0.3 is 12.1 Å². The lowest BCUT2D eigenvalue weighted by molar-refractivity contribution is -0.145. The van der Waals surface area contributed by atoms with E-state index >= 15 is 0 Å². The molecule has 202 valence electrons. The number of nitrogens with one attached hydrogen (secondary N) is 2. The number of carbonyl (C=O) groups is 4. The third-order valence-electron chi connectivity index (χ3n) is 5.20. The summed E-state index contributed by atoms with van der Waals surface area (Å²) in [6.07, 6.45) is 0.0529. The van der Waals surface area contributed by atoms with Crippen LogP contribution in [-0.4, -0.2) is 65.7 Å². The fourth-order valence-corrected chi connectivity index (χ4v) is 3.63. The SMILES string of the molecule is CCCN(C(=O)C(CC(C)C)NC(=O)OC(C)(C)C)C(C(=O)NCC(=O)OC)c1cccc(C)c1O. The molecule has 1 aromatic rings. The summed E-state index contributed by atoms with van der Waals surface area (Å²) in [6.45, 7) is 12.3. The molecular weight excluding hydrogens is 466 g/mol. The summed E-state index contributed by atoms with van der Waals surface area (Å²) in [5.41, 5.74) is -0.0325. The normalized spacial score (nSPS) is 12.9. The number of esters is 1. The molecule has 0 aromatic heterocycles. The van der Waals surface area contributed by atoms with Crippen molar-refractivity contribution >= 4 is 23.9 Å². The Labute approximate surface area is 213 Å². The van der Waals surface area contributed by atoms with E-state index in [1.54, 1.807) is 45.9 Å². The van der Waals surface area contributed by atoms with Crippen molar-refractivity contribution in [3.63, 3.8) is 0 Å². The number of phenols is 1. The van der Waals surface area contributed by atoms with Gasteiger partial charge in [-0.25, -0.2) is 4.79 Å². The van der Waals surface area contributed by atoms with Gasteiger partial charge in [0, 0.05) is 12.1 Å². The van der Waals surface area contributed by atoms with Gasteiger partial charge in [-0.05, 0) is 52.0 Å². The average molecular weight is 508 g/mol. The van der Waals surface area contributed by atoms with E-state index in [9.17, 15) is 24.3 Å². The number of hydrogen-bond acceptors (Lipinski definition) is 7. The van der Waals surface area contributed by atoms with E-state index in [-0.39, 0.29) is 23.8 Å². The Hall–Kier alpha value is -3.30. The van der Waals surface area contributed by atoms with E-state index in [0.29, 0.717) is 18.4 Å². The van der Waals surface area contributed by atoms with E-state index in [2.05, 4.69) is 15.4 Å². The molecule has 1 rings (SSSR count). The third kappa shape index (κ3) is 9.39. The topological polar surface area (TPSA) is 134 Å². The monoisotopic (exact) mass is 507 g/mol. The smallest absolute Gasteiger partial charge is 0.408 e. The van der Waals surface area contributed by atoms with E-state index in [1.165, 1.54) is 12.0 Å². The van der Waals surface area contributed by atoms with Crippen LogP contribution in [0.1, 0.15) is 71.6 Å². The Kier molecular flexibility index (Phi) is 11.7. The molecule has 0 aliphatic rings. The maximum Gasteiger partial charge on any atom is 0.408 e. The van der Waals surface area contributed by atoms with Gasteiger partial charge in [0.05, 0.1) is 7.11 Å². The number of amides is 3. The van der Waals surface area contributed by atoms with Gasteiger partial charge in [0.15, 0.2) is 0 Å². The molecule has 3 N–H and O–H groups in total. The van der Waals surface area contributed by atoms with Crippen LogP contribution in [0.2, 0.25) is 0 Å². The maximum atomic E-state index is 13.9. The second-order valence-corrected chi connectivity index (χ2v) is 10.1. The summed E-state index contributed by atoms with van der Waals surface area (Å²) in [4.78, 5) is 52.8. The van der Waals surface area contributed by atoms with Crippen LogP contribution in [0.4, 0.5) is 4.79 Å². The van der Waals surface area contributed by atoms with Gasteiger partial charge in [0.2, 0.25) is 11.8 Å². The molecule has 0 saturated heterocycles. The fourth-order valence-electron chi connectivity index (χ4n) is 3.63. The van der Waals surface area contributed by atoms with Crippen LogP contribution in [0.15, 0.2) is 18.2 Å². The molecule has 10 heteroatoms. The van der Waals surface area contributed by atoms with Crippen LogP contribution in [-0.2, 0) is 23.9 Å². The first-order valence-electron chi connectivity index (χ1n) is 12.1. The van der Waals surface area contributed by atoms with Crippen molar-refractivity contribution in [3.8, 4) is 5.75 Å². The highest BCUT2D eigenvalue weighted by molar-refractivity contribution is 5.93. The zero-order valence-electron chi connectivity index (χ0n) is 22.6. The number of hydrogen-bond donors (Lipinski definition) is 3. The zero-order valence-corrected chi connectivity index (χ0v) is 22.6. The Morgan fingerprint density at radius 1 is 1.14 bits per heavy atom. The van der Waals surface area contributed by atoms with Crippen LogP contribution >= 0.6 is 0 Å². The molecule has 0 heterocycles. The molecule has 2 atom stereocenters. The lowest BCUT2D eigenvalue weighted by Gasteiger charge is -2.35. The first-order chi connectivity index (χ1) is 16.7. The third-order valence-corrected chi connectivity index (χ3v) is 5.20. The number of carbonyl (C=O) groups excluding carboxylic acids is 4. The standard InChI is InChI=1S/C26H41N3O7/c1-9-13-29(24(33)19(14-16(2)3)28-25(34)36-26(5,6)7)21(23(32)27-15-20(30)35-8)18-12-10-11-17(4)22(18)31/h10-12,16,19,21,31H,9,13-15H2,1-8H3,(H,27,32)(H,28,34). The Morgan fingerprint density at radius 2 is 1.78 bits per heavy atom. The predicted octanol–water partition coefficient (Wildman–Crippen LogP) is 3.21. The highest BCUT2D eigenvalue weighted by Crippen LogP contribution is 2.32. The highest BCUT2D eigenvalue weighted by Gasteiger charge is 2.37. The van der Waals surface area contributed by atoms with E-state index in [4.69, 9.17) is 4.74 Å². The zero-order chi connectivity index (χ0) is 27.6. The summed E-state index contributed by atoms with van der Waals surface area (Å²) in [5.74, 6) is -1.92. The van der Waals surface area contributed by atoms with Gasteiger partial charge < -0.3 is 30.1 Å². The van der Waals surface area contributed by atoms with Crippen molar-refractivity contribution in [2.45, 2.75) is 79.0 Å². The Balaban J connectivity index is 3.50. The second kappa shape index (κ2) is 13.7. The van der Waals surface area contributed by atoms with Gasteiger partial charge in [-0.15, -0.1) is 0 Å². The van der Waals surface area contributed by atoms with Gasteiger partial charge in [-0.2, -0.15) is 0 Å². The quantitative estimate of drug-likeness (QED) is 0.392. The summed E-state index contributed by atoms with van der Waals surface area (Å²) < 4.78 is 9.96. The molecule has 3 amide bonds. The van der Waals surface area contributed by atoms with Gasteiger partial charge in [0.1, 0.15) is 30.0 Å². The van der Waals surface area contributed by atoms with Crippen LogP contribution in [0, 0.1) is 12.8 Å². The van der Waals surface area contributed by atoms with Crippen molar-refractivity contribution in [2.75, 3.05) is 20.2 Å². The van der Waals surface area contributed by atoms with Crippen LogP contribution in [0.5, 0.6) is 5.75 Å². The molecule has 2 unspecified atom stereocenters. The van der Waals surface area contributed by atoms with Gasteiger partial charge in [0.25, 0.3) is 0 Å². The number of para-hydroxylation sites is 1. The lowest BCUT2D eigenvalue weighted by Crippen LogP contribution is -2.53. The lowest BCUT2D eigenvalue weighted by atomic mass is 9.97. The van der Waals surface area contributed by atoms with Gasteiger partial charge in [-0.3, -0.25) is 14.4 Å². The maximum absolute atomic E-state index is 13.9. The number of aryl methyl sites for hydroxylation is 1. The summed E-state index contributed by atoms with van der Waals surface area (Å²) in [6, 6.07) is 2.68. The van der Waals surface area contributed by atoms with Crippen LogP contribution < -0.4 is 10.6 Å². The number of benzene rings is 1. The number of alkyl carbamates (subject to hydrolysis) is 1. The predicted molar refractivity (Wildman–Crippen MR) is 135 cm³/mol. The minimum Gasteiger partial charge on any atom is -0.507 e. The van der Waals surface area contributed by atoms with Crippen molar-refractivity contribution in [2.24, 2.45) is 5.92 Å². The Morgan fingerprint density at radius 3 is 2.31 bits per heavy atom. The molecule has 0 saturated carbocycles. The molecule has 10 nitrogen and oxygen atoms in total. The molecule has 1 aromatic carbocycles. The van der Waals surface area contributed by atoms with Crippen molar-refractivity contribution in [1.82, 2.24) is 15.5 Å². The minimum atomic E-state index is -1.25. The number of aromatic hydroxyl groups is 1. The number of phenolic OH excluding ortho intramolecular Hbond substituents is 1. The molecule has 36 heavy (non-hydrogen) atoms. The summed E-state index contributed by atoms with van der Waals surface area (Å²) >= 11 is 0. The molecule has 0 spiro atoms. The van der Waals surface area contributed by atoms with E-state index < -0.39 is 48.1 Å². The summed E-state index contributed by atoms with van der Waals surface area (Å²) in [5, 5.41) is 15.9. The highest BCUT2D eigenvalue weighted by atomic mass is 16.6. The molecule has 0 aliphatic heterocycles. The molecular formula is C26H41N3O7. The van der Waals surface area contributed by atoms with Crippen molar-refractivity contribution in [3.05, 3.63) is 29.3 Å². The first-order valence-corrected chi connectivity index (χ1v) is 12.1. The Bertz CT molecular complexity index is 925. The van der Waals surface area contributed by atoms with E-state index in [1.807, 2.05) is 20.8 Å². The first kappa shape index (κ1) is 30.7. The fraction of sp³-hybridized carbons (Fsp3) is 0.615. The number of methoxy groups -OCH3 is 1. The summed E-state index contributed by atoms with van der Waals surface area (Å²) in [7, 11) is 1.20. The van der Waals surface area contributed by atoms with Crippen molar-refractivity contribution < 1.29 is 33.8 Å². The average Bonchev–Trinajstić information content (AvgIpc) is 2.77. The number of rotatable bonds is 11. The largest absolute Gasteiger partial charge is 0.507 e. The van der Waals surface area contributed by atoms with Gasteiger partial charge in [-0.1, -0.05) is 39.0 Å². The van der Waals surface area contributed by atoms with E-state index in [0.717, 1.165) is 0 Å². The molecule has 0 fully saturated rings. The number of ether oxygens (including phenoxy) is 2. The van der Waals surface area contributed by atoms with Crippen LogP contribution in [0.3, 0.4) is 0 Å². The molecule has 0 bridgehead atoms. The molecule has 0 radical (unpaired) electrons. The van der Waals surface area contributed by atoms with Crippen LogP contribution in [0.25, 0.3) is 0 Å². The second-order valence-electron chi connectivity index (χ2n) is 10.1. The van der Waals surface area contributed by atoms with Crippen molar-refractivity contribution in [1.29, 1.82) is 0 Å². The minimum absolute atomic E-state index is 0.0383. The number of nitrogens with zero attached hydrogens (tertiary/aromatic N) is 1.